The molecule has 3 nitrogen and oxygen atoms in total. The molecule has 0 aromatic heterocycles. The van der Waals surface area contributed by atoms with Crippen molar-refractivity contribution >= 4 is 23.1 Å². The van der Waals surface area contributed by atoms with Crippen LogP contribution in [-0.4, -0.2) is 18.4 Å². The van der Waals surface area contributed by atoms with Crippen molar-refractivity contribution < 1.29 is 9.47 Å². The molecule has 3 rings (SSSR count). The minimum absolute atomic E-state index is 0.260. The van der Waals surface area contributed by atoms with Crippen molar-refractivity contribution in [3.63, 3.8) is 0 Å². The molecule has 0 radical (unpaired) electrons. The predicted molar refractivity (Wildman–Crippen MR) is 122 cm³/mol. The maximum Gasteiger partial charge on any atom is 0.185 e. The molecule has 0 unspecified atom stereocenters. The third-order valence-electron chi connectivity index (χ3n) is 5.52. The molecule has 0 amide bonds. The Morgan fingerprint density at radius 3 is 2.34 bits per heavy atom. The van der Waals surface area contributed by atoms with E-state index in [-0.39, 0.29) is 5.92 Å². The summed E-state index contributed by atoms with van der Waals surface area (Å²) in [6, 6.07) is 16.7. The number of hydrogen-bond acceptors (Lipinski definition) is 4. The number of rotatable bonds is 10. The highest BCUT2D eigenvalue weighted by Gasteiger charge is 2.26. The second kappa shape index (κ2) is 12.0. The molecule has 0 bridgehead atoms. The first kappa shape index (κ1) is 21.9. The highest BCUT2D eigenvalue weighted by atomic mass is 32.1. The summed E-state index contributed by atoms with van der Waals surface area (Å²) in [6.07, 6.45) is 8.80. The smallest absolute Gasteiger partial charge is 0.185 e. The summed E-state index contributed by atoms with van der Waals surface area (Å²) in [5.41, 5.74) is 4.36. The minimum atomic E-state index is -0.401. The number of aryl methyl sites for hydroxylation is 1. The van der Waals surface area contributed by atoms with Crippen LogP contribution in [-0.2, 0) is 15.9 Å². The molecule has 0 N–H and O–H groups in total. The number of isothiocyanates is 1. The van der Waals surface area contributed by atoms with Crippen LogP contribution in [0, 0.1) is 0 Å². The number of para-hydroxylation sites is 1. The first-order valence-corrected chi connectivity index (χ1v) is 11.2. The van der Waals surface area contributed by atoms with Gasteiger partial charge in [-0.3, -0.25) is 0 Å². The van der Waals surface area contributed by atoms with E-state index in [0.717, 1.165) is 11.3 Å². The van der Waals surface area contributed by atoms with Crippen LogP contribution in [0.15, 0.2) is 53.5 Å². The average Bonchev–Trinajstić information content (AvgIpc) is 2.77. The van der Waals surface area contributed by atoms with E-state index >= 15 is 0 Å². The molecule has 1 saturated heterocycles. The molecule has 0 saturated carbocycles. The number of nitrogens with zero attached hydrogens (tertiary/aromatic N) is 1. The zero-order chi connectivity index (χ0) is 20.3. The summed E-state index contributed by atoms with van der Waals surface area (Å²) in [7, 11) is 0. The first-order valence-electron chi connectivity index (χ1n) is 10.8. The lowest BCUT2D eigenvalue weighted by Gasteiger charge is -2.30. The molecule has 1 fully saturated rings. The van der Waals surface area contributed by atoms with Crippen molar-refractivity contribution in [1.29, 1.82) is 0 Å². The average molecular weight is 410 g/mol. The minimum Gasteiger partial charge on any atom is -0.348 e. The molecule has 2 aromatic carbocycles. The largest absolute Gasteiger partial charge is 0.348 e. The van der Waals surface area contributed by atoms with E-state index in [2.05, 4.69) is 41.3 Å². The molecular weight excluding hydrogens is 378 g/mol. The molecule has 1 heterocycles. The summed E-state index contributed by atoms with van der Waals surface area (Å²) < 4.78 is 12.0. The third-order valence-corrected chi connectivity index (χ3v) is 5.62. The van der Waals surface area contributed by atoms with Gasteiger partial charge in [0.1, 0.15) is 0 Å². The maximum absolute atomic E-state index is 6.02. The lowest BCUT2D eigenvalue weighted by molar-refractivity contribution is -0.191. The quantitative estimate of drug-likeness (QED) is 0.237. The zero-order valence-corrected chi connectivity index (χ0v) is 18.1. The Morgan fingerprint density at radius 2 is 1.62 bits per heavy atom. The topological polar surface area (TPSA) is 30.8 Å². The van der Waals surface area contributed by atoms with Crippen LogP contribution in [0.25, 0.3) is 0 Å². The van der Waals surface area contributed by atoms with E-state index in [1.807, 2.05) is 24.3 Å². The molecule has 1 aliphatic heterocycles. The fourth-order valence-corrected chi connectivity index (χ4v) is 3.88. The number of hydrogen-bond donors (Lipinski definition) is 0. The number of ether oxygens (including phenoxy) is 2. The molecule has 0 atom stereocenters. The highest BCUT2D eigenvalue weighted by Crippen LogP contribution is 2.34. The van der Waals surface area contributed by atoms with Crippen molar-refractivity contribution in [2.45, 2.75) is 64.1 Å². The van der Waals surface area contributed by atoms with Crippen LogP contribution in [0.3, 0.4) is 0 Å². The van der Waals surface area contributed by atoms with E-state index < -0.39 is 6.29 Å². The van der Waals surface area contributed by atoms with Gasteiger partial charge >= 0.3 is 0 Å². The summed E-state index contributed by atoms with van der Waals surface area (Å²) in [5.74, 6) is 0.260. The SMILES string of the molecule is CCCCCCCCc1ccc([C@H]2CO[C@H](c3ccccc3N=C=S)OC2)cc1. The maximum atomic E-state index is 6.02. The van der Waals surface area contributed by atoms with E-state index in [1.54, 1.807) is 0 Å². The monoisotopic (exact) mass is 409 g/mol. The van der Waals surface area contributed by atoms with E-state index in [4.69, 9.17) is 21.7 Å². The standard InChI is InChI=1S/C25H31NO2S/c1-2-3-4-5-6-7-10-20-13-15-21(16-14-20)22-17-27-25(28-18-22)23-11-8-9-12-24(23)26-19-29/h8-9,11-16,22,25H,2-7,10,17-18H2,1H3/t22-,25-. The molecule has 4 heteroatoms. The molecular formula is C25H31NO2S. The van der Waals surface area contributed by atoms with Crippen LogP contribution in [0.2, 0.25) is 0 Å². The van der Waals surface area contributed by atoms with Gasteiger partial charge in [0.05, 0.1) is 24.1 Å². The highest BCUT2D eigenvalue weighted by molar-refractivity contribution is 7.78. The lowest BCUT2D eigenvalue weighted by atomic mass is 9.97. The van der Waals surface area contributed by atoms with Gasteiger partial charge in [0.2, 0.25) is 0 Å². The van der Waals surface area contributed by atoms with Crippen LogP contribution in [0.1, 0.15) is 74.3 Å². The van der Waals surface area contributed by atoms with Crippen molar-refractivity contribution in [2.75, 3.05) is 13.2 Å². The molecule has 2 aromatic rings. The number of benzene rings is 2. The van der Waals surface area contributed by atoms with E-state index in [0.29, 0.717) is 13.2 Å². The normalized spacial score (nSPS) is 18.9. The Labute approximate surface area is 180 Å². The summed E-state index contributed by atoms with van der Waals surface area (Å²) >= 11 is 4.74. The summed E-state index contributed by atoms with van der Waals surface area (Å²) in [4.78, 5) is 4.12. The predicted octanol–water partition coefficient (Wildman–Crippen LogP) is 7.15. The van der Waals surface area contributed by atoms with Gasteiger partial charge in [-0.15, -0.1) is 0 Å². The Hall–Kier alpha value is -1.84. The van der Waals surface area contributed by atoms with Crippen LogP contribution in [0.5, 0.6) is 0 Å². The van der Waals surface area contributed by atoms with Crippen molar-refractivity contribution in [1.82, 2.24) is 0 Å². The number of thiocarbonyl (C=S) groups is 1. The summed E-state index contributed by atoms with van der Waals surface area (Å²) in [5, 5.41) is 2.43. The van der Waals surface area contributed by atoms with Gasteiger partial charge in [0, 0.05) is 11.5 Å². The summed E-state index contributed by atoms with van der Waals surface area (Å²) in [6.45, 7) is 3.53. The van der Waals surface area contributed by atoms with Crippen LogP contribution < -0.4 is 0 Å². The molecule has 1 aliphatic rings. The third kappa shape index (κ3) is 6.58. The Kier molecular flexibility index (Phi) is 9.04. The van der Waals surface area contributed by atoms with Gasteiger partial charge in [-0.25, -0.2) is 0 Å². The van der Waals surface area contributed by atoms with Crippen LogP contribution >= 0.6 is 12.2 Å². The Balaban J connectivity index is 1.48. The van der Waals surface area contributed by atoms with Gasteiger partial charge in [0.25, 0.3) is 0 Å². The Bertz CT molecular complexity index is 791. The van der Waals surface area contributed by atoms with Crippen LogP contribution in [0.4, 0.5) is 5.69 Å². The number of aliphatic imine (C=N–C) groups is 1. The second-order valence-corrected chi connectivity index (χ2v) is 7.90. The second-order valence-electron chi connectivity index (χ2n) is 7.72. The van der Waals surface area contributed by atoms with E-state index in [9.17, 15) is 0 Å². The lowest BCUT2D eigenvalue weighted by Crippen LogP contribution is -2.25. The van der Waals surface area contributed by atoms with Gasteiger partial charge in [-0.2, -0.15) is 4.99 Å². The zero-order valence-electron chi connectivity index (χ0n) is 17.3. The van der Waals surface area contributed by atoms with Crippen molar-refractivity contribution in [3.05, 3.63) is 65.2 Å². The molecule has 29 heavy (non-hydrogen) atoms. The van der Waals surface area contributed by atoms with Gasteiger partial charge in [0.15, 0.2) is 6.29 Å². The fourth-order valence-electron chi connectivity index (χ4n) is 3.78. The molecule has 154 valence electrons. The van der Waals surface area contributed by atoms with E-state index in [1.165, 1.54) is 56.1 Å². The molecule has 0 spiro atoms. The fraction of sp³-hybridized carbons (Fsp3) is 0.480. The van der Waals surface area contributed by atoms with Crippen molar-refractivity contribution in [3.8, 4) is 0 Å². The molecule has 0 aliphatic carbocycles. The van der Waals surface area contributed by atoms with Crippen molar-refractivity contribution in [2.24, 2.45) is 4.99 Å². The van der Waals surface area contributed by atoms with Gasteiger partial charge in [-0.05, 0) is 42.3 Å². The van der Waals surface area contributed by atoms with Gasteiger partial charge < -0.3 is 9.47 Å². The Morgan fingerprint density at radius 1 is 0.931 bits per heavy atom. The number of unbranched alkanes of at least 4 members (excludes halogenated alkanes) is 5. The first-order chi connectivity index (χ1) is 14.3. The van der Waals surface area contributed by atoms with Gasteiger partial charge in [-0.1, -0.05) is 81.5 Å².